The summed E-state index contributed by atoms with van der Waals surface area (Å²) in [6.45, 7) is 9.51. The van der Waals surface area contributed by atoms with Crippen LogP contribution in [-0.2, 0) is 26.3 Å². The normalized spacial score (nSPS) is 13.2. The van der Waals surface area contributed by atoms with Crippen LogP contribution < -0.4 is 4.72 Å². The predicted octanol–water partition coefficient (Wildman–Crippen LogP) is 2.29. The van der Waals surface area contributed by atoms with E-state index in [9.17, 15) is 16.8 Å². The number of rotatable bonds is 8. The summed E-state index contributed by atoms with van der Waals surface area (Å²) in [7, 11) is -6.79. The van der Waals surface area contributed by atoms with Crippen LogP contribution in [0.25, 0.3) is 0 Å². The Morgan fingerprint density at radius 2 is 1.50 bits per heavy atom. The van der Waals surface area contributed by atoms with Gasteiger partial charge in [-0.25, -0.2) is 21.6 Å². The molecule has 0 bridgehead atoms. The number of hydrogen-bond acceptors (Lipinski definition) is 4. The van der Waals surface area contributed by atoms with Gasteiger partial charge in [-0.2, -0.15) is 0 Å². The third-order valence-electron chi connectivity index (χ3n) is 4.51. The Labute approximate surface area is 146 Å². The molecule has 0 radical (unpaired) electrons. The van der Waals surface area contributed by atoms with Gasteiger partial charge < -0.3 is 0 Å². The largest absolute Gasteiger partial charge is 0.229 e. The highest BCUT2D eigenvalue weighted by Gasteiger charge is 2.31. The van der Waals surface area contributed by atoms with Gasteiger partial charge in [-0.05, 0) is 64.2 Å². The van der Waals surface area contributed by atoms with Crippen LogP contribution in [0.1, 0.15) is 42.5 Å². The molecule has 0 aromatic heterocycles. The molecular formula is C17H29NO4S2. The number of hydrogen-bond donors (Lipinski definition) is 1. The fourth-order valence-electron chi connectivity index (χ4n) is 2.57. The van der Waals surface area contributed by atoms with Crippen molar-refractivity contribution in [2.24, 2.45) is 0 Å². The van der Waals surface area contributed by atoms with E-state index < -0.39 is 24.6 Å². The first kappa shape index (κ1) is 21.1. The lowest BCUT2D eigenvalue weighted by atomic mass is 9.97. The van der Waals surface area contributed by atoms with Gasteiger partial charge >= 0.3 is 0 Å². The molecule has 1 N–H and O–H groups in total. The highest BCUT2D eigenvalue weighted by Crippen LogP contribution is 2.20. The van der Waals surface area contributed by atoms with Gasteiger partial charge in [0, 0.05) is 12.8 Å². The van der Waals surface area contributed by atoms with Gasteiger partial charge in [-0.3, -0.25) is 0 Å². The molecule has 0 unspecified atom stereocenters. The van der Waals surface area contributed by atoms with Crippen LogP contribution in [0.5, 0.6) is 0 Å². The van der Waals surface area contributed by atoms with Gasteiger partial charge in [-0.1, -0.05) is 17.7 Å². The smallest absolute Gasteiger partial charge is 0.211 e. The molecule has 5 nitrogen and oxygen atoms in total. The third kappa shape index (κ3) is 5.86. The van der Waals surface area contributed by atoms with E-state index in [0.717, 1.165) is 22.9 Å². The summed E-state index contributed by atoms with van der Waals surface area (Å²) in [4.78, 5) is 0. The molecule has 1 aromatic carbocycles. The van der Waals surface area contributed by atoms with Crippen LogP contribution in [0.2, 0.25) is 0 Å². The molecule has 0 atom stereocenters. The molecule has 0 aliphatic carbocycles. The molecule has 0 heterocycles. The number of benzene rings is 1. The van der Waals surface area contributed by atoms with E-state index in [1.165, 1.54) is 5.56 Å². The lowest BCUT2D eigenvalue weighted by Gasteiger charge is -2.22. The minimum absolute atomic E-state index is 0.0732. The Kier molecular flexibility index (Phi) is 6.63. The summed E-state index contributed by atoms with van der Waals surface area (Å²) < 4.78 is 49.1. The first-order chi connectivity index (χ1) is 10.8. The number of sulfone groups is 1. The molecule has 7 heteroatoms. The van der Waals surface area contributed by atoms with Crippen molar-refractivity contribution in [1.82, 2.24) is 4.72 Å². The van der Waals surface area contributed by atoms with Crippen molar-refractivity contribution in [3.05, 3.63) is 34.4 Å². The second-order valence-corrected chi connectivity index (χ2v) is 11.7. The van der Waals surface area contributed by atoms with Gasteiger partial charge in [0.25, 0.3) is 0 Å². The average Bonchev–Trinajstić information content (AvgIpc) is 2.38. The van der Waals surface area contributed by atoms with Crippen LogP contribution in [0.3, 0.4) is 0 Å². The van der Waals surface area contributed by atoms with Crippen LogP contribution >= 0.6 is 0 Å². The molecule has 1 aromatic rings. The van der Waals surface area contributed by atoms with Gasteiger partial charge in [0.1, 0.15) is 0 Å². The van der Waals surface area contributed by atoms with Gasteiger partial charge in [0.05, 0.1) is 10.5 Å². The maximum atomic E-state index is 12.1. The number of nitrogens with one attached hydrogen (secondary N) is 1. The summed E-state index contributed by atoms with van der Waals surface area (Å²) >= 11 is 0. The monoisotopic (exact) mass is 375 g/mol. The summed E-state index contributed by atoms with van der Waals surface area (Å²) in [5.74, 6) is -0.196. The Morgan fingerprint density at radius 3 is 1.96 bits per heavy atom. The summed E-state index contributed by atoms with van der Waals surface area (Å²) in [6.07, 6.45) is 1.83. The van der Waals surface area contributed by atoms with E-state index in [1.807, 2.05) is 20.8 Å². The van der Waals surface area contributed by atoms with Gasteiger partial charge in [0.15, 0.2) is 9.84 Å². The minimum atomic E-state index is -3.49. The van der Waals surface area contributed by atoms with Crippen LogP contribution in [0, 0.1) is 20.8 Å². The topological polar surface area (TPSA) is 80.3 Å². The molecule has 24 heavy (non-hydrogen) atoms. The van der Waals surface area contributed by atoms with Crippen molar-refractivity contribution in [1.29, 1.82) is 0 Å². The van der Waals surface area contributed by atoms with E-state index in [4.69, 9.17) is 0 Å². The molecule has 0 amide bonds. The van der Waals surface area contributed by atoms with Crippen molar-refractivity contribution < 1.29 is 16.8 Å². The first-order valence-electron chi connectivity index (χ1n) is 7.99. The molecule has 0 saturated carbocycles. The van der Waals surface area contributed by atoms with Gasteiger partial charge in [0.2, 0.25) is 10.0 Å². The van der Waals surface area contributed by atoms with E-state index in [-0.39, 0.29) is 12.2 Å². The molecule has 0 fully saturated rings. The van der Waals surface area contributed by atoms with E-state index in [2.05, 4.69) is 16.9 Å². The molecule has 0 aliphatic heterocycles. The number of aryl methyl sites for hydroxylation is 3. The predicted molar refractivity (Wildman–Crippen MR) is 99.7 cm³/mol. The summed E-state index contributed by atoms with van der Waals surface area (Å²) in [5, 5.41) is 0. The molecule has 138 valence electrons. The molecule has 0 saturated heterocycles. The van der Waals surface area contributed by atoms with E-state index >= 15 is 0 Å². The lowest BCUT2D eigenvalue weighted by Crippen LogP contribution is -2.36. The van der Waals surface area contributed by atoms with E-state index in [0.29, 0.717) is 13.0 Å². The quantitative estimate of drug-likeness (QED) is 0.756. The van der Waals surface area contributed by atoms with Crippen LogP contribution in [-0.4, -0.2) is 40.1 Å². The summed E-state index contributed by atoms with van der Waals surface area (Å²) in [6, 6.07) is 4.18. The van der Waals surface area contributed by atoms with E-state index in [1.54, 1.807) is 13.8 Å². The SMILES string of the molecule is Cc1cc(C)c(CCNS(=O)(=O)CCC(C)(C)S(C)(=O)=O)c(C)c1. The second kappa shape index (κ2) is 7.54. The maximum absolute atomic E-state index is 12.1. The molecule has 0 aliphatic rings. The second-order valence-electron chi connectivity index (χ2n) is 7.12. The lowest BCUT2D eigenvalue weighted by molar-refractivity contribution is 0.537. The van der Waals surface area contributed by atoms with Crippen molar-refractivity contribution in [3.8, 4) is 0 Å². The Hall–Kier alpha value is -0.920. The highest BCUT2D eigenvalue weighted by molar-refractivity contribution is 7.92. The Bertz CT molecular complexity index is 771. The zero-order chi connectivity index (χ0) is 18.8. The zero-order valence-corrected chi connectivity index (χ0v) is 17.1. The first-order valence-corrected chi connectivity index (χ1v) is 11.5. The molecule has 0 spiro atoms. The molecular weight excluding hydrogens is 346 g/mol. The highest BCUT2D eigenvalue weighted by atomic mass is 32.2. The maximum Gasteiger partial charge on any atom is 0.211 e. The van der Waals surface area contributed by atoms with Crippen molar-refractivity contribution in [3.63, 3.8) is 0 Å². The van der Waals surface area contributed by atoms with Crippen molar-refractivity contribution in [2.45, 2.75) is 52.2 Å². The van der Waals surface area contributed by atoms with Crippen LogP contribution in [0.4, 0.5) is 0 Å². The van der Waals surface area contributed by atoms with Crippen LogP contribution in [0.15, 0.2) is 12.1 Å². The summed E-state index contributed by atoms with van der Waals surface area (Å²) in [5.41, 5.74) is 4.66. The Morgan fingerprint density at radius 1 is 1.00 bits per heavy atom. The fourth-order valence-corrected chi connectivity index (χ4v) is 4.51. The standard InChI is InChI=1S/C17H29NO4S2/c1-13-11-14(2)16(15(3)12-13)7-9-18-24(21,22)10-8-17(4,5)23(6,19)20/h11-12,18H,7-10H2,1-6H3. The van der Waals surface area contributed by atoms with Gasteiger partial charge in [-0.15, -0.1) is 0 Å². The van der Waals surface area contributed by atoms with Crippen molar-refractivity contribution >= 4 is 19.9 Å². The Balaban J connectivity index is 2.65. The third-order valence-corrected chi connectivity index (χ3v) is 8.11. The van der Waals surface area contributed by atoms with Crippen molar-refractivity contribution in [2.75, 3.05) is 18.6 Å². The average molecular weight is 376 g/mol. The zero-order valence-electron chi connectivity index (χ0n) is 15.4. The minimum Gasteiger partial charge on any atom is -0.229 e. The molecule has 1 rings (SSSR count). The fraction of sp³-hybridized carbons (Fsp3) is 0.647. The number of sulfonamides is 1.